The second kappa shape index (κ2) is 10.5. The number of carbonyl (C=O) groups is 1. The van der Waals surface area contributed by atoms with Gasteiger partial charge in [0, 0.05) is 49.7 Å². The normalized spacial score (nSPS) is 11.8. The summed E-state index contributed by atoms with van der Waals surface area (Å²) in [6.07, 6.45) is -0.430. The zero-order valence-electron chi connectivity index (χ0n) is 20.5. The van der Waals surface area contributed by atoms with Crippen molar-refractivity contribution in [2.24, 2.45) is 0 Å². The third-order valence-electron chi connectivity index (χ3n) is 6.23. The molecule has 34 heavy (non-hydrogen) atoms. The molecule has 0 radical (unpaired) electrons. The maximum absolute atomic E-state index is 13.4. The number of hydrogen-bond donors (Lipinski definition) is 0. The number of fused-ring (bicyclic) bond motifs is 2. The van der Waals surface area contributed by atoms with Crippen LogP contribution >= 0.6 is 0 Å². The van der Waals surface area contributed by atoms with Crippen LogP contribution in [0.15, 0.2) is 66.7 Å². The second-order valence-electron chi connectivity index (χ2n) is 8.13. The van der Waals surface area contributed by atoms with E-state index in [1.807, 2.05) is 66.7 Å². The minimum absolute atomic E-state index is 0.205. The molecule has 0 fully saturated rings. The number of carbonyl (C=O) groups excluding carboxylic acids is 1. The van der Waals surface area contributed by atoms with Crippen LogP contribution in [-0.2, 0) is 11.3 Å². The van der Waals surface area contributed by atoms with Gasteiger partial charge in [-0.3, -0.25) is 0 Å². The summed E-state index contributed by atoms with van der Waals surface area (Å²) in [6, 6.07) is 21.7. The van der Waals surface area contributed by atoms with Gasteiger partial charge in [0.15, 0.2) is 11.5 Å². The molecular formula is C28H33N3O3. The highest BCUT2D eigenvalue weighted by Gasteiger charge is 2.31. The molecule has 3 aromatic carbocycles. The first kappa shape index (κ1) is 23.5. The standard InChI is InChI=1S/C28H33N3O3/c1-5-29(6-2)22-14-16-24-26(18-22)34-27-19-23(30(7-3)8-4)15-17-25(27)31(24)28(32)33-20-21-12-10-9-11-13-21/h9-19H,5-8,20H2,1-4H3. The molecule has 178 valence electrons. The molecule has 3 aromatic rings. The van der Waals surface area contributed by atoms with Crippen LogP contribution in [-0.4, -0.2) is 32.3 Å². The number of benzene rings is 3. The lowest BCUT2D eigenvalue weighted by molar-refractivity contribution is 0.149. The Morgan fingerprint density at radius 1 is 0.765 bits per heavy atom. The SMILES string of the molecule is CCN(CC)c1ccc2c(c1)Oc1cc(N(CC)CC)ccc1N2C(=O)OCc1ccccc1. The summed E-state index contributed by atoms with van der Waals surface area (Å²) in [7, 11) is 0. The predicted molar refractivity (Wildman–Crippen MR) is 139 cm³/mol. The van der Waals surface area contributed by atoms with E-state index in [1.165, 1.54) is 0 Å². The fourth-order valence-electron chi connectivity index (χ4n) is 4.34. The van der Waals surface area contributed by atoms with Crippen molar-refractivity contribution in [2.45, 2.75) is 34.3 Å². The van der Waals surface area contributed by atoms with E-state index in [2.05, 4.69) is 37.5 Å². The Morgan fingerprint density at radius 2 is 1.26 bits per heavy atom. The topological polar surface area (TPSA) is 45.2 Å². The molecule has 1 amide bonds. The van der Waals surface area contributed by atoms with Gasteiger partial charge in [-0.25, -0.2) is 9.69 Å². The van der Waals surface area contributed by atoms with Crippen LogP contribution in [0, 0.1) is 0 Å². The molecule has 1 aliphatic rings. The maximum Gasteiger partial charge on any atom is 0.419 e. The van der Waals surface area contributed by atoms with Crippen LogP contribution in [0.25, 0.3) is 0 Å². The molecular weight excluding hydrogens is 426 g/mol. The van der Waals surface area contributed by atoms with Crippen molar-refractivity contribution in [3.05, 3.63) is 72.3 Å². The average molecular weight is 460 g/mol. The number of ether oxygens (including phenoxy) is 2. The van der Waals surface area contributed by atoms with E-state index in [-0.39, 0.29) is 6.61 Å². The molecule has 0 saturated heterocycles. The molecule has 1 heterocycles. The van der Waals surface area contributed by atoms with Crippen molar-refractivity contribution in [1.29, 1.82) is 0 Å². The highest BCUT2D eigenvalue weighted by Crippen LogP contribution is 2.49. The lowest BCUT2D eigenvalue weighted by Crippen LogP contribution is -2.30. The average Bonchev–Trinajstić information content (AvgIpc) is 2.87. The molecule has 0 aromatic heterocycles. The van der Waals surface area contributed by atoms with Crippen LogP contribution in [0.4, 0.5) is 27.5 Å². The molecule has 0 atom stereocenters. The van der Waals surface area contributed by atoms with Gasteiger partial charge in [-0.1, -0.05) is 30.3 Å². The molecule has 6 nitrogen and oxygen atoms in total. The lowest BCUT2D eigenvalue weighted by atomic mass is 10.1. The Labute approximate surface area is 202 Å². The summed E-state index contributed by atoms with van der Waals surface area (Å²) in [4.78, 5) is 19.5. The zero-order valence-corrected chi connectivity index (χ0v) is 20.5. The number of anilines is 4. The van der Waals surface area contributed by atoms with E-state index >= 15 is 0 Å². The van der Waals surface area contributed by atoms with E-state index in [0.717, 1.165) is 43.1 Å². The van der Waals surface area contributed by atoms with E-state index in [0.29, 0.717) is 22.9 Å². The number of rotatable bonds is 8. The van der Waals surface area contributed by atoms with Gasteiger partial charge in [0.1, 0.15) is 6.61 Å². The summed E-state index contributed by atoms with van der Waals surface area (Å²) >= 11 is 0. The van der Waals surface area contributed by atoms with Gasteiger partial charge in [0.25, 0.3) is 0 Å². The highest BCUT2D eigenvalue weighted by atomic mass is 16.6. The summed E-state index contributed by atoms with van der Waals surface area (Å²) in [5.74, 6) is 1.29. The van der Waals surface area contributed by atoms with Crippen molar-refractivity contribution in [1.82, 2.24) is 0 Å². The Kier molecular flexibility index (Phi) is 7.26. The first-order valence-corrected chi connectivity index (χ1v) is 12.1. The van der Waals surface area contributed by atoms with E-state index < -0.39 is 6.09 Å². The van der Waals surface area contributed by atoms with Crippen molar-refractivity contribution < 1.29 is 14.3 Å². The van der Waals surface area contributed by atoms with Crippen molar-refractivity contribution in [2.75, 3.05) is 40.9 Å². The largest absolute Gasteiger partial charge is 0.453 e. The first-order valence-electron chi connectivity index (χ1n) is 12.1. The minimum Gasteiger partial charge on any atom is -0.453 e. The summed E-state index contributed by atoms with van der Waals surface area (Å²) in [6.45, 7) is 12.3. The minimum atomic E-state index is -0.430. The van der Waals surface area contributed by atoms with Crippen LogP contribution in [0.2, 0.25) is 0 Å². The fraction of sp³-hybridized carbons (Fsp3) is 0.321. The van der Waals surface area contributed by atoms with E-state index in [9.17, 15) is 4.79 Å². The third-order valence-corrected chi connectivity index (χ3v) is 6.23. The Hall–Kier alpha value is -3.67. The van der Waals surface area contributed by atoms with Crippen molar-refractivity contribution in [3.8, 4) is 11.5 Å². The number of amides is 1. The van der Waals surface area contributed by atoms with Crippen molar-refractivity contribution >= 4 is 28.8 Å². The van der Waals surface area contributed by atoms with Gasteiger partial charge in [-0.15, -0.1) is 0 Å². The van der Waals surface area contributed by atoms with E-state index in [4.69, 9.17) is 9.47 Å². The number of hydrogen-bond acceptors (Lipinski definition) is 5. The number of nitrogens with zero attached hydrogens (tertiary/aromatic N) is 3. The van der Waals surface area contributed by atoms with Crippen LogP contribution < -0.4 is 19.4 Å². The van der Waals surface area contributed by atoms with Gasteiger partial charge in [0.2, 0.25) is 0 Å². The molecule has 0 N–H and O–H groups in total. The molecule has 0 bridgehead atoms. The Morgan fingerprint density at radius 3 is 1.74 bits per heavy atom. The third kappa shape index (κ3) is 4.67. The Balaban J connectivity index is 1.72. The molecule has 0 unspecified atom stereocenters. The fourth-order valence-corrected chi connectivity index (χ4v) is 4.34. The summed E-state index contributed by atoms with van der Waals surface area (Å²) in [5.41, 5.74) is 4.42. The summed E-state index contributed by atoms with van der Waals surface area (Å²) in [5, 5.41) is 0. The molecule has 0 spiro atoms. The van der Waals surface area contributed by atoms with Gasteiger partial charge in [-0.2, -0.15) is 0 Å². The van der Waals surface area contributed by atoms with Gasteiger partial charge in [-0.05, 0) is 57.5 Å². The highest BCUT2D eigenvalue weighted by molar-refractivity contribution is 6.01. The van der Waals surface area contributed by atoms with Gasteiger partial charge >= 0.3 is 6.09 Å². The maximum atomic E-state index is 13.4. The Bertz CT molecular complexity index is 1060. The molecule has 0 aliphatic carbocycles. The molecule has 4 rings (SSSR count). The molecule has 0 saturated carbocycles. The van der Waals surface area contributed by atoms with Crippen LogP contribution in [0.3, 0.4) is 0 Å². The predicted octanol–water partition coefficient (Wildman–Crippen LogP) is 6.96. The monoisotopic (exact) mass is 459 g/mol. The molecule has 6 heteroatoms. The quantitative estimate of drug-likeness (QED) is 0.364. The smallest absolute Gasteiger partial charge is 0.419 e. The van der Waals surface area contributed by atoms with Gasteiger partial charge in [0.05, 0.1) is 11.4 Å². The molecule has 1 aliphatic heterocycles. The van der Waals surface area contributed by atoms with Crippen LogP contribution in [0.1, 0.15) is 33.3 Å². The van der Waals surface area contributed by atoms with Crippen molar-refractivity contribution in [3.63, 3.8) is 0 Å². The van der Waals surface area contributed by atoms with Crippen LogP contribution in [0.5, 0.6) is 11.5 Å². The second-order valence-corrected chi connectivity index (χ2v) is 8.13. The summed E-state index contributed by atoms with van der Waals surface area (Å²) < 4.78 is 12.1. The first-order chi connectivity index (χ1) is 16.6. The van der Waals surface area contributed by atoms with E-state index in [1.54, 1.807) is 4.90 Å². The lowest BCUT2D eigenvalue weighted by Gasteiger charge is -2.33. The van der Waals surface area contributed by atoms with Gasteiger partial charge < -0.3 is 19.3 Å². The zero-order chi connectivity index (χ0) is 24.1.